The van der Waals surface area contributed by atoms with Crippen molar-refractivity contribution in [3.63, 3.8) is 0 Å². The Morgan fingerprint density at radius 2 is 2.37 bits per heavy atom. The fourth-order valence-corrected chi connectivity index (χ4v) is 2.98. The van der Waals surface area contributed by atoms with E-state index in [9.17, 15) is 4.79 Å². The van der Waals surface area contributed by atoms with Crippen LogP contribution >= 0.6 is 0 Å². The zero-order chi connectivity index (χ0) is 13.2. The second kappa shape index (κ2) is 4.98. The maximum absolute atomic E-state index is 11.6. The number of fused-ring (bicyclic) bond motifs is 1. The molecule has 19 heavy (non-hydrogen) atoms. The van der Waals surface area contributed by atoms with E-state index < -0.39 is 0 Å². The predicted molar refractivity (Wildman–Crippen MR) is 69.0 cm³/mol. The van der Waals surface area contributed by atoms with Crippen molar-refractivity contribution in [3.8, 4) is 6.07 Å². The number of piperazine rings is 1. The van der Waals surface area contributed by atoms with E-state index in [-0.39, 0.29) is 0 Å². The smallest absolute Gasteiger partial charge is 0.222 e. The van der Waals surface area contributed by atoms with E-state index in [4.69, 9.17) is 5.26 Å². The molecule has 1 aromatic heterocycles. The Morgan fingerprint density at radius 3 is 3.21 bits per heavy atom. The highest BCUT2D eigenvalue weighted by molar-refractivity contribution is 5.78. The number of nitriles is 1. The van der Waals surface area contributed by atoms with Crippen LogP contribution in [0.25, 0.3) is 0 Å². The largest absolute Gasteiger partial charge is 0.337 e. The van der Waals surface area contributed by atoms with Gasteiger partial charge in [0.05, 0.1) is 0 Å². The average molecular weight is 256 g/mol. The molecule has 5 heteroatoms. The van der Waals surface area contributed by atoms with E-state index >= 15 is 0 Å². The van der Waals surface area contributed by atoms with Crippen LogP contribution < -0.4 is 0 Å². The van der Waals surface area contributed by atoms with Crippen LogP contribution in [-0.4, -0.2) is 46.4 Å². The maximum atomic E-state index is 11.6. The molecule has 2 saturated heterocycles. The minimum atomic E-state index is 0.295. The molecule has 0 bridgehead atoms. The van der Waals surface area contributed by atoms with Gasteiger partial charge in [-0.3, -0.25) is 9.69 Å². The number of aromatic nitrogens is 1. The van der Waals surface area contributed by atoms with Crippen molar-refractivity contribution >= 4 is 5.91 Å². The Bertz CT molecular complexity index is 536. The molecule has 1 amide bonds. The van der Waals surface area contributed by atoms with Crippen LogP contribution in [0.5, 0.6) is 0 Å². The molecule has 0 aliphatic carbocycles. The van der Waals surface area contributed by atoms with Crippen molar-refractivity contribution in [3.05, 3.63) is 29.6 Å². The third-order valence-electron chi connectivity index (χ3n) is 3.97. The normalized spacial score (nSPS) is 23.2. The van der Waals surface area contributed by atoms with E-state index in [1.807, 2.05) is 17.0 Å². The summed E-state index contributed by atoms with van der Waals surface area (Å²) in [5.74, 6) is 0.295. The van der Waals surface area contributed by atoms with Crippen molar-refractivity contribution in [1.82, 2.24) is 14.8 Å². The second-order valence-electron chi connectivity index (χ2n) is 5.14. The number of hydrogen-bond acceptors (Lipinski definition) is 4. The van der Waals surface area contributed by atoms with Crippen LogP contribution in [0.15, 0.2) is 18.3 Å². The van der Waals surface area contributed by atoms with Gasteiger partial charge in [0.1, 0.15) is 11.8 Å². The third kappa shape index (κ3) is 2.32. The first kappa shape index (κ1) is 12.1. The van der Waals surface area contributed by atoms with Crippen molar-refractivity contribution in [2.24, 2.45) is 0 Å². The molecule has 0 spiro atoms. The number of hydrogen-bond donors (Lipinski definition) is 0. The Labute approximate surface area is 112 Å². The highest BCUT2D eigenvalue weighted by Crippen LogP contribution is 2.23. The standard InChI is InChI=1S/C14H16N4O/c15-8-13-11(2-1-5-16-13)9-17-6-7-18-12(10-17)3-4-14(18)19/h1-2,5,12H,3-4,6-7,9-10H2. The van der Waals surface area contributed by atoms with Gasteiger partial charge in [0.2, 0.25) is 5.91 Å². The van der Waals surface area contributed by atoms with Crippen molar-refractivity contribution < 1.29 is 4.79 Å². The van der Waals surface area contributed by atoms with Crippen molar-refractivity contribution in [2.45, 2.75) is 25.4 Å². The van der Waals surface area contributed by atoms with Gasteiger partial charge < -0.3 is 4.90 Å². The SMILES string of the molecule is N#Cc1ncccc1CN1CCN2C(=O)CCC2C1. The quantitative estimate of drug-likeness (QED) is 0.784. The molecule has 5 nitrogen and oxygen atoms in total. The number of rotatable bonds is 2. The Hall–Kier alpha value is -1.93. The van der Waals surface area contributed by atoms with Crippen LogP contribution in [0.1, 0.15) is 24.1 Å². The van der Waals surface area contributed by atoms with Crippen molar-refractivity contribution in [1.29, 1.82) is 5.26 Å². The van der Waals surface area contributed by atoms with Gasteiger partial charge >= 0.3 is 0 Å². The van der Waals surface area contributed by atoms with Crippen LogP contribution in [0, 0.1) is 11.3 Å². The lowest BCUT2D eigenvalue weighted by molar-refractivity contribution is -0.130. The number of carbonyl (C=O) groups excluding carboxylic acids is 1. The van der Waals surface area contributed by atoms with Gasteiger partial charge in [-0.15, -0.1) is 0 Å². The number of amides is 1. The lowest BCUT2D eigenvalue weighted by atomic mass is 10.1. The van der Waals surface area contributed by atoms with Gasteiger partial charge in [0, 0.05) is 50.4 Å². The van der Waals surface area contributed by atoms with Crippen LogP contribution in [-0.2, 0) is 11.3 Å². The summed E-state index contributed by atoms with van der Waals surface area (Å²) < 4.78 is 0. The topological polar surface area (TPSA) is 60.2 Å². The molecule has 1 unspecified atom stereocenters. The van der Waals surface area contributed by atoms with Gasteiger partial charge in [-0.05, 0) is 12.5 Å². The summed E-state index contributed by atoms with van der Waals surface area (Å²) in [4.78, 5) is 20.0. The van der Waals surface area contributed by atoms with Crippen molar-refractivity contribution in [2.75, 3.05) is 19.6 Å². The average Bonchev–Trinajstić information content (AvgIpc) is 2.81. The third-order valence-corrected chi connectivity index (χ3v) is 3.97. The minimum absolute atomic E-state index is 0.295. The lowest BCUT2D eigenvalue weighted by Gasteiger charge is -2.37. The first-order chi connectivity index (χ1) is 9.28. The summed E-state index contributed by atoms with van der Waals surface area (Å²) >= 11 is 0. The molecule has 2 aliphatic heterocycles. The molecule has 3 heterocycles. The highest BCUT2D eigenvalue weighted by Gasteiger charge is 2.35. The molecule has 2 aliphatic rings. The number of pyridine rings is 1. The lowest BCUT2D eigenvalue weighted by Crippen LogP contribution is -2.51. The molecule has 0 saturated carbocycles. The molecular weight excluding hydrogens is 240 g/mol. The molecule has 1 atom stereocenters. The summed E-state index contributed by atoms with van der Waals surface area (Å²) in [5.41, 5.74) is 1.48. The molecule has 0 aromatic carbocycles. The zero-order valence-corrected chi connectivity index (χ0v) is 10.7. The van der Waals surface area contributed by atoms with Crippen LogP contribution in [0.4, 0.5) is 0 Å². The summed E-state index contributed by atoms with van der Waals surface area (Å²) in [6.45, 7) is 3.34. The van der Waals surface area contributed by atoms with Gasteiger partial charge in [-0.2, -0.15) is 5.26 Å². The van der Waals surface area contributed by atoms with Crippen LogP contribution in [0.2, 0.25) is 0 Å². The summed E-state index contributed by atoms with van der Waals surface area (Å²) in [5, 5.41) is 9.05. The molecule has 2 fully saturated rings. The maximum Gasteiger partial charge on any atom is 0.222 e. The van der Waals surface area contributed by atoms with Crippen LogP contribution in [0.3, 0.4) is 0 Å². The number of nitrogens with zero attached hydrogens (tertiary/aromatic N) is 4. The summed E-state index contributed by atoms with van der Waals surface area (Å²) in [7, 11) is 0. The second-order valence-corrected chi connectivity index (χ2v) is 5.14. The fraction of sp³-hybridized carbons (Fsp3) is 0.500. The number of carbonyl (C=O) groups is 1. The molecule has 1 aromatic rings. The fourth-order valence-electron chi connectivity index (χ4n) is 2.98. The summed E-state index contributed by atoms with van der Waals surface area (Å²) in [6.07, 6.45) is 3.30. The molecule has 0 N–H and O–H groups in total. The molecular formula is C14H16N4O. The van der Waals surface area contributed by atoms with Gasteiger partial charge in [0.15, 0.2) is 0 Å². The monoisotopic (exact) mass is 256 g/mol. The van der Waals surface area contributed by atoms with E-state index in [1.165, 1.54) is 0 Å². The zero-order valence-electron chi connectivity index (χ0n) is 10.7. The first-order valence-corrected chi connectivity index (χ1v) is 6.64. The predicted octanol–water partition coefficient (Wildman–Crippen LogP) is 0.760. The first-order valence-electron chi connectivity index (χ1n) is 6.64. The summed E-state index contributed by atoms with van der Waals surface area (Å²) in [6, 6.07) is 6.32. The van der Waals surface area contributed by atoms with E-state index in [1.54, 1.807) is 6.20 Å². The Kier molecular flexibility index (Phi) is 3.18. The van der Waals surface area contributed by atoms with E-state index in [0.29, 0.717) is 24.1 Å². The minimum Gasteiger partial charge on any atom is -0.337 e. The molecule has 0 radical (unpaired) electrons. The Morgan fingerprint density at radius 1 is 1.47 bits per heavy atom. The van der Waals surface area contributed by atoms with E-state index in [2.05, 4.69) is 16.0 Å². The van der Waals surface area contributed by atoms with Gasteiger partial charge in [0.25, 0.3) is 0 Å². The van der Waals surface area contributed by atoms with Gasteiger partial charge in [-0.25, -0.2) is 4.98 Å². The van der Waals surface area contributed by atoms with Gasteiger partial charge in [-0.1, -0.05) is 6.07 Å². The highest BCUT2D eigenvalue weighted by atomic mass is 16.2. The molecule has 3 rings (SSSR count). The van der Waals surface area contributed by atoms with E-state index in [0.717, 1.165) is 38.2 Å². The molecule has 98 valence electrons. The Balaban J connectivity index is 1.69.